The number of nitrogens with zero attached hydrogens (tertiary/aromatic N) is 1. The second-order valence-electron chi connectivity index (χ2n) is 5.47. The lowest BCUT2D eigenvalue weighted by Crippen LogP contribution is -2.32. The second-order valence-corrected chi connectivity index (χ2v) is 6.45. The van der Waals surface area contributed by atoms with Crippen LogP contribution < -0.4 is 5.73 Å². The van der Waals surface area contributed by atoms with Gasteiger partial charge in [0.25, 0.3) is 0 Å². The minimum atomic E-state index is 0.257. The molecule has 0 bridgehead atoms. The van der Waals surface area contributed by atoms with Gasteiger partial charge in [0.15, 0.2) is 0 Å². The maximum absolute atomic E-state index is 6.07. The van der Waals surface area contributed by atoms with E-state index in [0.717, 1.165) is 0 Å². The molecule has 0 aliphatic heterocycles. The van der Waals surface area contributed by atoms with Crippen molar-refractivity contribution in [2.75, 3.05) is 13.6 Å². The molecule has 2 unspecified atom stereocenters. The first-order chi connectivity index (χ1) is 9.54. The molecule has 0 fully saturated rings. The molecule has 1 heterocycles. The maximum atomic E-state index is 6.07. The summed E-state index contributed by atoms with van der Waals surface area (Å²) >= 11 is 1.81. The van der Waals surface area contributed by atoms with Gasteiger partial charge in [0.05, 0.1) is 0 Å². The van der Waals surface area contributed by atoms with Crippen molar-refractivity contribution in [3.63, 3.8) is 0 Å². The molecule has 0 aliphatic rings. The molecule has 0 radical (unpaired) electrons. The van der Waals surface area contributed by atoms with Crippen molar-refractivity contribution >= 4 is 11.3 Å². The molecule has 0 saturated heterocycles. The van der Waals surface area contributed by atoms with Crippen molar-refractivity contribution in [3.05, 3.63) is 57.3 Å². The quantitative estimate of drug-likeness (QED) is 0.899. The van der Waals surface area contributed by atoms with Gasteiger partial charge in [0.2, 0.25) is 0 Å². The predicted molar refractivity (Wildman–Crippen MR) is 88.2 cm³/mol. The van der Waals surface area contributed by atoms with Crippen molar-refractivity contribution in [2.24, 2.45) is 5.73 Å². The Labute approximate surface area is 126 Å². The average Bonchev–Trinajstić information content (AvgIpc) is 2.94. The van der Waals surface area contributed by atoms with Crippen LogP contribution in [0.2, 0.25) is 0 Å². The van der Waals surface area contributed by atoms with E-state index < -0.39 is 0 Å². The summed E-state index contributed by atoms with van der Waals surface area (Å²) in [5.41, 5.74) is 10.0. The zero-order valence-electron chi connectivity index (χ0n) is 12.8. The number of aryl methyl sites for hydroxylation is 2. The van der Waals surface area contributed by atoms with Crippen molar-refractivity contribution < 1.29 is 0 Å². The molecule has 3 heteroatoms. The fourth-order valence-electron chi connectivity index (χ4n) is 2.71. The van der Waals surface area contributed by atoms with E-state index in [-0.39, 0.29) is 6.04 Å². The van der Waals surface area contributed by atoms with E-state index in [1.807, 2.05) is 0 Å². The van der Waals surface area contributed by atoms with Crippen LogP contribution in [0.3, 0.4) is 0 Å². The molecule has 0 saturated carbocycles. The summed E-state index contributed by atoms with van der Waals surface area (Å²) in [6, 6.07) is 11.6. The lowest BCUT2D eigenvalue weighted by atomic mass is 9.97. The number of thiophene rings is 1. The maximum Gasteiger partial charge on any atom is 0.0476 e. The van der Waals surface area contributed by atoms with E-state index in [4.69, 9.17) is 5.73 Å². The first-order valence-electron chi connectivity index (χ1n) is 7.07. The Morgan fingerprint density at radius 1 is 1.25 bits per heavy atom. The van der Waals surface area contributed by atoms with Crippen molar-refractivity contribution in [3.8, 4) is 0 Å². The first-order valence-corrected chi connectivity index (χ1v) is 7.95. The van der Waals surface area contributed by atoms with Gasteiger partial charge < -0.3 is 5.73 Å². The third kappa shape index (κ3) is 3.11. The van der Waals surface area contributed by atoms with E-state index in [9.17, 15) is 0 Å². The van der Waals surface area contributed by atoms with E-state index in [1.54, 1.807) is 11.3 Å². The Bertz CT molecular complexity index is 548. The van der Waals surface area contributed by atoms with E-state index >= 15 is 0 Å². The highest BCUT2D eigenvalue weighted by Crippen LogP contribution is 2.31. The zero-order valence-corrected chi connectivity index (χ0v) is 13.6. The molecule has 0 spiro atoms. The van der Waals surface area contributed by atoms with Crippen LogP contribution in [-0.4, -0.2) is 18.5 Å². The largest absolute Gasteiger partial charge is 0.329 e. The molecule has 20 heavy (non-hydrogen) atoms. The summed E-state index contributed by atoms with van der Waals surface area (Å²) in [5, 5.41) is 2.13. The van der Waals surface area contributed by atoms with Crippen molar-refractivity contribution in [2.45, 2.75) is 32.9 Å². The molecular formula is C17H24N2S. The Balaban J connectivity index is 2.27. The Hall–Kier alpha value is -1.16. The van der Waals surface area contributed by atoms with E-state index in [1.165, 1.54) is 21.6 Å². The number of hydrogen-bond acceptors (Lipinski definition) is 3. The number of rotatable bonds is 5. The van der Waals surface area contributed by atoms with Crippen LogP contribution >= 0.6 is 11.3 Å². The first kappa shape index (κ1) is 15.2. The van der Waals surface area contributed by atoms with Crippen LogP contribution in [0.5, 0.6) is 0 Å². The molecule has 2 aromatic rings. The molecule has 1 aromatic heterocycles. The van der Waals surface area contributed by atoms with E-state index in [0.29, 0.717) is 12.6 Å². The monoisotopic (exact) mass is 288 g/mol. The SMILES string of the molecule is Cc1ccc(C(CN)N(C)C(C)c2cccs2)c(C)c1. The smallest absolute Gasteiger partial charge is 0.0476 e. The topological polar surface area (TPSA) is 29.3 Å². The molecule has 2 N–H and O–H groups in total. The van der Waals surface area contributed by atoms with Gasteiger partial charge in [-0.25, -0.2) is 0 Å². The molecule has 0 amide bonds. The van der Waals surface area contributed by atoms with Gasteiger partial charge in [0, 0.05) is 23.5 Å². The summed E-state index contributed by atoms with van der Waals surface area (Å²) in [6.07, 6.45) is 0. The molecule has 2 rings (SSSR count). The summed E-state index contributed by atoms with van der Waals surface area (Å²) in [4.78, 5) is 3.76. The third-order valence-electron chi connectivity index (χ3n) is 4.07. The highest BCUT2D eigenvalue weighted by molar-refractivity contribution is 7.10. The molecule has 2 atom stereocenters. The number of likely N-dealkylation sites (N-methyl/N-ethyl adjacent to an activating group) is 1. The fourth-order valence-corrected chi connectivity index (χ4v) is 3.55. The fraction of sp³-hybridized carbons (Fsp3) is 0.412. The van der Waals surface area contributed by atoms with Gasteiger partial charge in [-0.05, 0) is 50.4 Å². The normalized spacial score (nSPS) is 14.5. The predicted octanol–water partition coefficient (Wildman–Crippen LogP) is 4.06. The van der Waals surface area contributed by atoms with Crippen LogP contribution in [0.1, 0.15) is 40.6 Å². The van der Waals surface area contributed by atoms with Crippen LogP contribution in [0.15, 0.2) is 35.7 Å². The van der Waals surface area contributed by atoms with Gasteiger partial charge in [-0.15, -0.1) is 11.3 Å². The molecular weight excluding hydrogens is 264 g/mol. The summed E-state index contributed by atoms with van der Waals surface area (Å²) in [5.74, 6) is 0. The average molecular weight is 288 g/mol. The zero-order chi connectivity index (χ0) is 14.7. The lowest BCUT2D eigenvalue weighted by Gasteiger charge is -2.33. The second kappa shape index (κ2) is 6.53. The highest BCUT2D eigenvalue weighted by atomic mass is 32.1. The number of hydrogen-bond donors (Lipinski definition) is 1. The summed E-state index contributed by atoms with van der Waals surface area (Å²) < 4.78 is 0. The summed E-state index contributed by atoms with van der Waals surface area (Å²) in [6.45, 7) is 7.19. The van der Waals surface area contributed by atoms with Crippen molar-refractivity contribution in [1.82, 2.24) is 4.90 Å². The number of nitrogens with two attached hydrogens (primary N) is 1. The van der Waals surface area contributed by atoms with Gasteiger partial charge in [0.1, 0.15) is 0 Å². The molecule has 1 aromatic carbocycles. The third-order valence-corrected chi connectivity index (χ3v) is 5.11. The number of benzene rings is 1. The van der Waals surface area contributed by atoms with Crippen LogP contribution in [-0.2, 0) is 0 Å². The molecule has 2 nitrogen and oxygen atoms in total. The van der Waals surface area contributed by atoms with Crippen molar-refractivity contribution in [1.29, 1.82) is 0 Å². The van der Waals surface area contributed by atoms with Crippen LogP contribution in [0, 0.1) is 13.8 Å². The standard InChI is InChI=1S/C17H24N2S/c1-12-7-8-15(13(2)10-12)16(11-18)19(4)14(3)17-6-5-9-20-17/h5-10,14,16H,11,18H2,1-4H3. The van der Waals surface area contributed by atoms with Crippen LogP contribution in [0.4, 0.5) is 0 Å². The van der Waals surface area contributed by atoms with Gasteiger partial charge in [-0.3, -0.25) is 4.90 Å². The lowest BCUT2D eigenvalue weighted by molar-refractivity contribution is 0.192. The van der Waals surface area contributed by atoms with Gasteiger partial charge >= 0.3 is 0 Å². The summed E-state index contributed by atoms with van der Waals surface area (Å²) in [7, 11) is 2.17. The minimum absolute atomic E-state index is 0.257. The van der Waals surface area contributed by atoms with Gasteiger partial charge in [-0.2, -0.15) is 0 Å². The highest BCUT2D eigenvalue weighted by Gasteiger charge is 2.23. The Morgan fingerprint density at radius 2 is 2.00 bits per heavy atom. The molecule has 108 valence electrons. The minimum Gasteiger partial charge on any atom is -0.329 e. The Morgan fingerprint density at radius 3 is 2.55 bits per heavy atom. The Kier molecular flexibility index (Phi) is 4.97. The van der Waals surface area contributed by atoms with E-state index in [2.05, 4.69) is 68.4 Å². The van der Waals surface area contributed by atoms with Crippen LogP contribution in [0.25, 0.3) is 0 Å². The molecule has 0 aliphatic carbocycles. The van der Waals surface area contributed by atoms with Gasteiger partial charge in [-0.1, -0.05) is 29.8 Å².